The minimum atomic E-state index is -0.534. The lowest BCUT2D eigenvalue weighted by molar-refractivity contribution is 0.1000. The number of nitrogens with two attached hydrogens (primary N) is 1. The molecule has 0 bridgehead atoms. The van der Waals surface area contributed by atoms with Crippen molar-refractivity contribution >= 4 is 34.7 Å². The van der Waals surface area contributed by atoms with E-state index in [1.807, 2.05) is 0 Å². The van der Waals surface area contributed by atoms with E-state index in [-0.39, 0.29) is 11.2 Å². The van der Waals surface area contributed by atoms with Crippen LogP contribution >= 0.6 is 22.9 Å². The third kappa shape index (κ3) is 2.73. The average Bonchev–Trinajstić information content (AvgIpc) is 3.08. The summed E-state index contributed by atoms with van der Waals surface area (Å²) in [4.78, 5) is 13.7. The SMILES string of the molecule is CC1CC(c2ccsc2)CN1c1nnc(Cl)cc1C(N)=O. The van der Waals surface area contributed by atoms with Gasteiger partial charge < -0.3 is 10.6 Å². The van der Waals surface area contributed by atoms with Crippen LogP contribution < -0.4 is 10.6 Å². The van der Waals surface area contributed by atoms with Crippen LogP contribution in [0.3, 0.4) is 0 Å². The Hall–Kier alpha value is -1.66. The van der Waals surface area contributed by atoms with Gasteiger partial charge in [-0.2, -0.15) is 11.3 Å². The van der Waals surface area contributed by atoms with E-state index in [0.29, 0.717) is 17.3 Å². The van der Waals surface area contributed by atoms with E-state index in [2.05, 4.69) is 38.8 Å². The fourth-order valence-electron chi connectivity index (χ4n) is 2.83. The molecule has 2 N–H and O–H groups in total. The minimum Gasteiger partial charge on any atom is -0.365 e. The minimum absolute atomic E-state index is 0.175. The third-order valence-corrected chi connectivity index (χ3v) is 4.76. The number of nitrogens with zero attached hydrogens (tertiary/aromatic N) is 3. The van der Waals surface area contributed by atoms with Crippen molar-refractivity contribution in [3.63, 3.8) is 0 Å². The van der Waals surface area contributed by atoms with Gasteiger partial charge >= 0.3 is 0 Å². The third-order valence-electron chi connectivity index (χ3n) is 3.87. The van der Waals surface area contributed by atoms with Crippen LogP contribution in [0.1, 0.15) is 35.2 Å². The molecule has 2 unspecified atom stereocenters. The molecular formula is C14H15ClN4OS. The summed E-state index contributed by atoms with van der Waals surface area (Å²) >= 11 is 7.51. The van der Waals surface area contributed by atoms with Crippen molar-refractivity contribution in [3.8, 4) is 0 Å². The standard InChI is InChI=1S/C14H15ClN4OS/c1-8-4-10(9-2-3-21-7-9)6-19(8)14-11(13(16)20)5-12(15)17-18-14/h2-3,5,7-8,10H,4,6H2,1H3,(H2,16,20). The van der Waals surface area contributed by atoms with Crippen molar-refractivity contribution in [2.75, 3.05) is 11.4 Å². The highest BCUT2D eigenvalue weighted by Gasteiger charge is 2.33. The maximum atomic E-state index is 11.6. The zero-order valence-corrected chi connectivity index (χ0v) is 13.1. The maximum Gasteiger partial charge on any atom is 0.252 e. The maximum absolute atomic E-state index is 11.6. The zero-order chi connectivity index (χ0) is 15.0. The Morgan fingerprint density at radius 2 is 2.33 bits per heavy atom. The van der Waals surface area contributed by atoms with E-state index in [9.17, 15) is 4.79 Å². The first kappa shape index (κ1) is 14.3. The van der Waals surface area contributed by atoms with Gasteiger partial charge in [0.05, 0.1) is 5.56 Å². The lowest BCUT2D eigenvalue weighted by atomic mass is 10.00. The molecule has 0 spiro atoms. The summed E-state index contributed by atoms with van der Waals surface area (Å²) in [6.45, 7) is 2.92. The predicted octanol–water partition coefficient (Wildman–Crippen LogP) is 2.67. The molecule has 1 amide bonds. The van der Waals surface area contributed by atoms with Crippen molar-refractivity contribution in [1.29, 1.82) is 0 Å². The number of thiophene rings is 1. The highest BCUT2D eigenvalue weighted by atomic mass is 35.5. The molecule has 3 rings (SSSR count). The van der Waals surface area contributed by atoms with Gasteiger partial charge in [0.2, 0.25) is 0 Å². The van der Waals surface area contributed by atoms with E-state index in [1.54, 1.807) is 11.3 Å². The van der Waals surface area contributed by atoms with E-state index in [4.69, 9.17) is 17.3 Å². The molecule has 2 atom stereocenters. The number of carbonyl (C=O) groups excluding carboxylic acids is 1. The quantitative estimate of drug-likeness (QED) is 0.943. The average molecular weight is 323 g/mol. The molecule has 2 aromatic heterocycles. The Balaban J connectivity index is 1.92. The summed E-state index contributed by atoms with van der Waals surface area (Å²) in [6, 6.07) is 3.90. The lowest BCUT2D eigenvalue weighted by Gasteiger charge is -2.23. The van der Waals surface area contributed by atoms with E-state index < -0.39 is 5.91 Å². The first-order chi connectivity index (χ1) is 10.1. The Kier molecular flexibility index (Phi) is 3.82. The second-order valence-corrected chi connectivity index (χ2v) is 6.43. The van der Waals surface area contributed by atoms with Crippen molar-refractivity contribution in [3.05, 3.63) is 39.2 Å². The molecule has 7 heteroatoms. The molecule has 0 saturated carbocycles. The van der Waals surface area contributed by atoms with Crippen LogP contribution in [0.4, 0.5) is 5.82 Å². The fraction of sp³-hybridized carbons (Fsp3) is 0.357. The highest BCUT2D eigenvalue weighted by molar-refractivity contribution is 7.08. The Labute approximate surface area is 131 Å². The molecule has 3 heterocycles. The van der Waals surface area contributed by atoms with Crippen LogP contribution in [0.2, 0.25) is 5.15 Å². The number of hydrogen-bond donors (Lipinski definition) is 1. The van der Waals surface area contributed by atoms with Crippen LogP contribution in [-0.4, -0.2) is 28.7 Å². The molecule has 0 radical (unpaired) electrons. The monoisotopic (exact) mass is 322 g/mol. The molecular weight excluding hydrogens is 308 g/mol. The predicted molar refractivity (Wildman–Crippen MR) is 84.0 cm³/mol. The number of halogens is 1. The Bertz CT molecular complexity index is 661. The van der Waals surface area contributed by atoms with Gasteiger partial charge in [-0.15, -0.1) is 10.2 Å². The van der Waals surface area contributed by atoms with Crippen molar-refractivity contribution in [1.82, 2.24) is 10.2 Å². The molecule has 5 nitrogen and oxygen atoms in total. The van der Waals surface area contributed by atoms with Crippen LogP contribution in [0.25, 0.3) is 0 Å². The Morgan fingerprint density at radius 3 is 3.00 bits per heavy atom. The van der Waals surface area contributed by atoms with Gasteiger partial charge in [-0.05, 0) is 41.8 Å². The fourth-order valence-corrected chi connectivity index (χ4v) is 3.72. The van der Waals surface area contributed by atoms with Crippen LogP contribution in [0.5, 0.6) is 0 Å². The van der Waals surface area contributed by atoms with Crippen molar-refractivity contribution in [2.24, 2.45) is 5.73 Å². The van der Waals surface area contributed by atoms with Gasteiger partial charge in [-0.25, -0.2) is 0 Å². The summed E-state index contributed by atoms with van der Waals surface area (Å²) in [6.07, 6.45) is 1.01. The molecule has 1 fully saturated rings. The topological polar surface area (TPSA) is 72.1 Å². The number of carbonyl (C=O) groups is 1. The zero-order valence-electron chi connectivity index (χ0n) is 11.5. The normalized spacial score (nSPS) is 21.7. The molecule has 1 aliphatic heterocycles. The number of anilines is 1. The summed E-state index contributed by atoms with van der Waals surface area (Å²) in [7, 11) is 0. The van der Waals surface area contributed by atoms with Gasteiger partial charge in [-0.3, -0.25) is 4.79 Å². The van der Waals surface area contributed by atoms with E-state index in [0.717, 1.165) is 13.0 Å². The molecule has 1 aliphatic rings. The van der Waals surface area contributed by atoms with Crippen LogP contribution in [0.15, 0.2) is 22.9 Å². The number of aromatic nitrogens is 2. The van der Waals surface area contributed by atoms with E-state index in [1.165, 1.54) is 11.6 Å². The largest absolute Gasteiger partial charge is 0.365 e. The Morgan fingerprint density at radius 1 is 1.52 bits per heavy atom. The van der Waals surface area contributed by atoms with Crippen LogP contribution in [-0.2, 0) is 0 Å². The van der Waals surface area contributed by atoms with Gasteiger partial charge in [0.15, 0.2) is 11.0 Å². The molecule has 21 heavy (non-hydrogen) atoms. The van der Waals surface area contributed by atoms with Crippen LogP contribution in [0, 0.1) is 0 Å². The molecule has 0 aliphatic carbocycles. The van der Waals surface area contributed by atoms with Gasteiger partial charge in [0, 0.05) is 18.5 Å². The summed E-state index contributed by atoms with van der Waals surface area (Å²) in [5, 5.41) is 12.4. The first-order valence-corrected chi connectivity index (χ1v) is 8.00. The number of primary amides is 1. The molecule has 2 aromatic rings. The summed E-state index contributed by atoms with van der Waals surface area (Å²) in [5.74, 6) is 0.426. The van der Waals surface area contributed by atoms with Gasteiger partial charge in [-0.1, -0.05) is 11.6 Å². The van der Waals surface area contributed by atoms with Gasteiger partial charge in [0.1, 0.15) is 0 Å². The second kappa shape index (κ2) is 5.61. The smallest absolute Gasteiger partial charge is 0.252 e. The molecule has 1 saturated heterocycles. The summed E-state index contributed by atoms with van der Waals surface area (Å²) in [5.41, 5.74) is 7.09. The number of amides is 1. The molecule has 110 valence electrons. The highest BCUT2D eigenvalue weighted by Crippen LogP contribution is 2.36. The van der Waals surface area contributed by atoms with E-state index >= 15 is 0 Å². The van der Waals surface area contributed by atoms with Gasteiger partial charge in [0.25, 0.3) is 5.91 Å². The summed E-state index contributed by atoms with van der Waals surface area (Å²) < 4.78 is 0. The number of rotatable bonds is 3. The van der Waals surface area contributed by atoms with Crippen molar-refractivity contribution in [2.45, 2.75) is 25.3 Å². The van der Waals surface area contributed by atoms with Crippen molar-refractivity contribution < 1.29 is 4.79 Å². The number of hydrogen-bond acceptors (Lipinski definition) is 5. The second-order valence-electron chi connectivity index (χ2n) is 5.26. The lowest BCUT2D eigenvalue weighted by Crippen LogP contribution is -2.30. The molecule has 0 aromatic carbocycles. The first-order valence-electron chi connectivity index (χ1n) is 6.68.